The zero-order valence-electron chi connectivity index (χ0n) is 12.3. The van der Waals surface area contributed by atoms with E-state index < -0.39 is 9.84 Å². The second kappa shape index (κ2) is 6.54. The monoisotopic (exact) mass is 302 g/mol. The van der Waals surface area contributed by atoms with Crippen molar-refractivity contribution in [2.75, 3.05) is 25.9 Å². The Hall–Kier alpha value is -0.460. The van der Waals surface area contributed by atoms with Crippen molar-refractivity contribution < 1.29 is 13.2 Å². The Morgan fingerprint density at radius 2 is 1.85 bits per heavy atom. The summed E-state index contributed by atoms with van der Waals surface area (Å²) in [7, 11) is -3.02. The topological polar surface area (TPSA) is 80.5 Å². The van der Waals surface area contributed by atoms with Crippen molar-refractivity contribution in [3.05, 3.63) is 0 Å². The van der Waals surface area contributed by atoms with Gasteiger partial charge in [-0.15, -0.1) is 0 Å². The average Bonchev–Trinajstić information content (AvgIpc) is 2.40. The molecule has 1 heterocycles. The van der Waals surface area contributed by atoms with Gasteiger partial charge in [-0.05, 0) is 32.1 Å². The lowest BCUT2D eigenvalue weighted by atomic mass is 9.85. The van der Waals surface area contributed by atoms with Gasteiger partial charge < -0.3 is 5.73 Å². The summed E-state index contributed by atoms with van der Waals surface area (Å²) in [5.41, 5.74) is 5.86. The van der Waals surface area contributed by atoms with Crippen LogP contribution in [-0.4, -0.2) is 56.3 Å². The molecule has 2 fully saturated rings. The summed E-state index contributed by atoms with van der Waals surface area (Å²) in [6.07, 6.45) is 6.10. The smallest absolute Gasteiger partial charge is 0.150 e. The highest BCUT2D eigenvalue weighted by Gasteiger charge is 2.33. The molecule has 0 amide bonds. The summed E-state index contributed by atoms with van der Waals surface area (Å²) in [5.74, 6) is 0.146. The van der Waals surface area contributed by atoms with Gasteiger partial charge in [-0.1, -0.05) is 6.42 Å². The predicted molar refractivity (Wildman–Crippen MR) is 79.2 cm³/mol. The maximum absolute atomic E-state index is 12.4. The fraction of sp³-hybridized carbons (Fsp3) is 0.929. The van der Waals surface area contributed by atoms with Crippen LogP contribution < -0.4 is 5.73 Å². The summed E-state index contributed by atoms with van der Waals surface area (Å²) < 4.78 is 23.3. The summed E-state index contributed by atoms with van der Waals surface area (Å²) in [6.45, 7) is 2.23. The first-order valence-electron chi connectivity index (χ1n) is 7.56. The highest BCUT2D eigenvalue weighted by molar-refractivity contribution is 7.91. The van der Waals surface area contributed by atoms with Crippen LogP contribution in [0.15, 0.2) is 0 Å². The van der Waals surface area contributed by atoms with Gasteiger partial charge in [-0.3, -0.25) is 9.69 Å². The van der Waals surface area contributed by atoms with Crippen molar-refractivity contribution in [1.29, 1.82) is 0 Å². The number of ketones is 1. The highest BCUT2D eigenvalue weighted by Crippen LogP contribution is 2.29. The standard InChI is InChI=1S/C14H26N2O3S/c1-20(18,19)13-4-2-3-11(9-13)14(17)10-16-7-5-12(15)6-8-16/h11-13H,2-10,15H2,1H3. The number of sulfone groups is 1. The molecule has 6 heteroatoms. The molecule has 1 saturated carbocycles. The van der Waals surface area contributed by atoms with Gasteiger partial charge in [-0.25, -0.2) is 8.42 Å². The van der Waals surface area contributed by atoms with Crippen LogP contribution in [0.2, 0.25) is 0 Å². The lowest BCUT2D eigenvalue weighted by molar-refractivity contribution is -0.125. The van der Waals surface area contributed by atoms with Gasteiger partial charge in [0.25, 0.3) is 0 Å². The molecule has 0 aromatic carbocycles. The normalized spacial score (nSPS) is 30.3. The fourth-order valence-electron chi connectivity index (χ4n) is 3.29. The summed E-state index contributed by atoms with van der Waals surface area (Å²) >= 11 is 0. The molecule has 0 aromatic heterocycles. The van der Waals surface area contributed by atoms with Crippen molar-refractivity contribution >= 4 is 15.6 Å². The third kappa shape index (κ3) is 4.27. The van der Waals surface area contributed by atoms with E-state index in [-0.39, 0.29) is 23.0 Å². The van der Waals surface area contributed by atoms with E-state index in [0.717, 1.165) is 38.8 Å². The van der Waals surface area contributed by atoms with Gasteiger partial charge in [0.15, 0.2) is 0 Å². The molecule has 2 atom stereocenters. The van der Waals surface area contributed by atoms with Crippen LogP contribution in [0, 0.1) is 5.92 Å². The lowest BCUT2D eigenvalue weighted by Crippen LogP contribution is -2.44. The van der Waals surface area contributed by atoms with Crippen molar-refractivity contribution in [3.8, 4) is 0 Å². The molecule has 1 saturated heterocycles. The minimum atomic E-state index is -3.02. The molecule has 1 aliphatic carbocycles. The van der Waals surface area contributed by atoms with E-state index in [1.165, 1.54) is 6.26 Å². The molecule has 0 radical (unpaired) electrons. The highest BCUT2D eigenvalue weighted by atomic mass is 32.2. The van der Waals surface area contributed by atoms with Crippen LogP contribution in [0.1, 0.15) is 38.5 Å². The zero-order chi connectivity index (χ0) is 14.8. The summed E-state index contributed by atoms with van der Waals surface area (Å²) in [5, 5.41) is -0.319. The third-order valence-electron chi connectivity index (χ3n) is 4.70. The number of carbonyl (C=O) groups is 1. The van der Waals surface area contributed by atoms with Crippen LogP contribution in [-0.2, 0) is 14.6 Å². The van der Waals surface area contributed by atoms with E-state index >= 15 is 0 Å². The molecule has 5 nitrogen and oxygen atoms in total. The van der Waals surface area contributed by atoms with Gasteiger partial charge >= 0.3 is 0 Å². The molecule has 1 aliphatic heterocycles. The fourth-order valence-corrected chi connectivity index (χ4v) is 4.46. The Balaban J connectivity index is 1.86. The number of piperidine rings is 1. The first-order valence-corrected chi connectivity index (χ1v) is 9.51. The van der Waals surface area contributed by atoms with Gasteiger partial charge in [0.1, 0.15) is 15.6 Å². The van der Waals surface area contributed by atoms with Crippen molar-refractivity contribution in [1.82, 2.24) is 4.90 Å². The molecule has 0 bridgehead atoms. The number of rotatable bonds is 4. The minimum Gasteiger partial charge on any atom is -0.328 e. The van der Waals surface area contributed by atoms with Gasteiger partial charge in [0.05, 0.1) is 11.8 Å². The largest absolute Gasteiger partial charge is 0.328 e. The molecule has 0 spiro atoms. The zero-order valence-corrected chi connectivity index (χ0v) is 13.1. The van der Waals surface area contributed by atoms with Gasteiger partial charge in [0, 0.05) is 31.3 Å². The number of hydrogen-bond donors (Lipinski definition) is 1. The number of nitrogens with two attached hydrogens (primary N) is 1. The summed E-state index contributed by atoms with van der Waals surface area (Å²) in [6, 6.07) is 0.269. The lowest BCUT2D eigenvalue weighted by Gasteiger charge is -2.32. The summed E-state index contributed by atoms with van der Waals surface area (Å²) in [4.78, 5) is 14.5. The van der Waals surface area contributed by atoms with Crippen LogP contribution in [0.4, 0.5) is 0 Å². The Bertz CT molecular complexity index is 441. The molecule has 0 aromatic rings. The van der Waals surface area contributed by atoms with Crippen molar-refractivity contribution in [2.24, 2.45) is 11.7 Å². The molecule has 2 N–H and O–H groups in total. The van der Waals surface area contributed by atoms with E-state index in [4.69, 9.17) is 5.73 Å². The van der Waals surface area contributed by atoms with Crippen LogP contribution in [0.5, 0.6) is 0 Å². The van der Waals surface area contributed by atoms with E-state index in [1.54, 1.807) is 0 Å². The molecular weight excluding hydrogens is 276 g/mol. The Morgan fingerprint density at radius 1 is 1.20 bits per heavy atom. The number of hydrogen-bond acceptors (Lipinski definition) is 5. The predicted octanol–water partition coefficient (Wildman–Crippen LogP) is 0.582. The average molecular weight is 302 g/mol. The van der Waals surface area contributed by atoms with Crippen LogP contribution >= 0.6 is 0 Å². The van der Waals surface area contributed by atoms with Crippen LogP contribution in [0.25, 0.3) is 0 Å². The second-order valence-electron chi connectivity index (χ2n) is 6.39. The Morgan fingerprint density at radius 3 is 2.45 bits per heavy atom. The third-order valence-corrected chi connectivity index (χ3v) is 6.34. The molecule has 20 heavy (non-hydrogen) atoms. The number of carbonyl (C=O) groups excluding carboxylic acids is 1. The number of Topliss-reactive ketones (excluding diaryl/α,β-unsaturated/α-hetero) is 1. The number of nitrogens with zero attached hydrogens (tertiary/aromatic N) is 1. The SMILES string of the molecule is CS(=O)(=O)C1CCCC(C(=O)CN2CCC(N)CC2)C1. The first kappa shape index (κ1) is 15.9. The van der Waals surface area contributed by atoms with Crippen molar-refractivity contribution in [2.45, 2.75) is 49.8 Å². The minimum absolute atomic E-state index is 0.0703. The van der Waals surface area contributed by atoms with Gasteiger partial charge in [0.2, 0.25) is 0 Å². The maximum atomic E-state index is 12.4. The quantitative estimate of drug-likeness (QED) is 0.822. The second-order valence-corrected chi connectivity index (χ2v) is 8.72. The van der Waals surface area contributed by atoms with E-state index in [0.29, 0.717) is 19.4 Å². The van der Waals surface area contributed by atoms with Crippen LogP contribution in [0.3, 0.4) is 0 Å². The molecule has 116 valence electrons. The van der Waals surface area contributed by atoms with Gasteiger partial charge in [-0.2, -0.15) is 0 Å². The van der Waals surface area contributed by atoms with E-state index in [2.05, 4.69) is 4.90 Å². The maximum Gasteiger partial charge on any atom is 0.150 e. The van der Waals surface area contributed by atoms with E-state index in [1.807, 2.05) is 0 Å². The van der Waals surface area contributed by atoms with E-state index in [9.17, 15) is 13.2 Å². The molecular formula is C14H26N2O3S. The molecule has 2 unspecified atom stereocenters. The number of likely N-dealkylation sites (tertiary alicyclic amines) is 1. The molecule has 2 rings (SSSR count). The van der Waals surface area contributed by atoms with Crippen molar-refractivity contribution in [3.63, 3.8) is 0 Å². The Labute approximate surface area is 121 Å². The first-order chi connectivity index (χ1) is 9.36. The molecule has 2 aliphatic rings. The Kier molecular flexibility index (Phi) is 5.20.